The van der Waals surface area contributed by atoms with Gasteiger partial charge in [0.1, 0.15) is 0 Å². The van der Waals surface area contributed by atoms with E-state index in [-0.39, 0.29) is 11.9 Å². The fraction of sp³-hybridized carbons (Fsp3) is 0.636. The van der Waals surface area contributed by atoms with Crippen molar-refractivity contribution in [3.8, 4) is 5.88 Å². The lowest BCUT2D eigenvalue weighted by molar-refractivity contribution is -0.134. The SMILES string of the molecule is CC(C)n1nc(OC(C)(C)C(=O)NC2CC2)c2cc(CN3CCOCC3)ccc21. The Morgan fingerprint density at radius 3 is 2.69 bits per heavy atom. The molecule has 2 aromatic rings. The number of aromatic nitrogens is 2. The lowest BCUT2D eigenvalue weighted by Gasteiger charge is -2.26. The third-order valence-electron chi connectivity index (χ3n) is 5.55. The van der Waals surface area contributed by atoms with Gasteiger partial charge in [-0.2, -0.15) is 0 Å². The molecule has 1 aromatic carbocycles. The highest BCUT2D eigenvalue weighted by Gasteiger charge is 2.35. The molecule has 0 bridgehead atoms. The molecule has 1 amide bonds. The molecule has 1 aliphatic heterocycles. The Balaban J connectivity index is 1.62. The summed E-state index contributed by atoms with van der Waals surface area (Å²) in [6, 6.07) is 6.93. The van der Waals surface area contributed by atoms with E-state index in [1.807, 2.05) is 18.5 Å². The highest BCUT2D eigenvalue weighted by Crippen LogP contribution is 2.31. The second kappa shape index (κ2) is 7.95. The Morgan fingerprint density at radius 2 is 2.03 bits per heavy atom. The number of amides is 1. The van der Waals surface area contributed by atoms with Crippen molar-refractivity contribution in [2.45, 2.75) is 64.8 Å². The summed E-state index contributed by atoms with van der Waals surface area (Å²) in [6.45, 7) is 12.1. The predicted molar refractivity (Wildman–Crippen MR) is 112 cm³/mol. The molecule has 0 spiro atoms. The number of fused-ring (bicyclic) bond motifs is 1. The third kappa shape index (κ3) is 4.56. The largest absolute Gasteiger partial charge is 0.460 e. The number of nitrogens with zero attached hydrogens (tertiary/aromatic N) is 3. The number of morpholine rings is 1. The number of hydrogen-bond acceptors (Lipinski definition) is 5. The van der Waals surface area contributed by atoms with Crippen molar-refractivity contribution < 1.29 is 14.3 Å². The Morgan fingerprint density at radius 1 is 1.31 bits per heavy atom. The molecule has 7 heteroatoms. The van der Waals surface area contributed by atoms with Gasteiger partial charge in [-0.05, 0) is 58.2 Å². The normalized spacial score (nSPS) is 18.4. The van der Waals surface area contributed by atoms with Crippen LogP contribution in [-0.4, -0.2) is 58.5 Å². The van der Waals surface area contributed by atoms with E-state index in [4.69, 9.17) is 14.6 Å². The maximum absolute atomic E-state index is 12.6. The van der Waals surface area contributed by atoms with E-state index in [0.717, 1.165) is 56.6 Å². The maximum atomic E-state index is 12.6. The topological polar surface area (TPSA) is 68.6 Å². The van der Waals surface area contributed by atoms with Crippen molar-refractivity contribution >= 4 is 16.8 Å². The summed E-state index contributed by atoms with van der Waals surface area (Å²) in [6.07, 6.45) is 2.11. The molecule has 1 saturated carbocycles. The molecular formula is C22H32N4O3. The summed E-state index contributed by atoms with van der Waals surface area (Å²) in [5.74, 6) is 0.435. The van der Waals surface area contributed by atoms with Crippen LogP contribution in [0, 0.1) is 0 Å². The minimum absolute atomic E-state index is 0.0864. The van der Waals surface area contributed by atoms with Gasteiger partial charge in [-0.25, -0.2) is 0 Å². The number of carbonyl (C=O) groups is 1. The van der Waals surface area contributed by atoms with Gasteiger partial charge in [-0.15, -0.1) is 5.10 Å². The van der Waals surface area contributed by atoms with Gasteiger partial charge >= 0.3 is 0 Å². The van der Waals surface area contributed by atoms with Gasteiger partial charge in [-0.1, -0.05) is 6.07 Å². The van der Waals surface area contributed by atoms with Crippen molar-refractivity contribution in [2.75, 3.05) is 26.3 Å². The number of benzene rings is 1. The van der Waals surface area contributed by atoms with Crippen LogP contribution in [0.5, 0.6) is 5.88 Å². The molecule has 2 fully saturated rings. The Bertz CT molecular complexity index is 880. The minimum atomic E-state index is -0.980. The summed E-state index contributed by atoms with van der Waals surface area (Å²) in [5.41, 5.74) is 1.26. The number of carbonyl (C=O) groups excluding carboxylic acids is 1. The van der Waals surface area contributed by atoms with E-state index in [0.29, 0.717) is 11.9 Å². The molecule has 1 N–H and O–H groups in total. The first kappa shape index (κ1) is 20.2. The van der Waals surface area contributed by atoms with E-state index < -0.39 is 5.60 Å². The van der Waals surface area contributed by atoms with Gasteiger partial charge in [0.25, 0.3) is 5.91 Å². The van der Waals surface area contributed by atoms with Gasteiger partial charge in [0.05, 0.1) is 24.1 Å². The van der Waals surface area contributed by atoms with Crippen LogP contribution in [0.25, 0.3) is 10.9 Å². The number of rotatable bonds is 7. The first-order valence-corrected chi connectivity index (χ1v) is 10.6. The van der Waals surface area contributed by atoms with E-state index in [1.54, 1.807) is 0 Å². The average molecular weight is 401 g/mol. The van der Waals surface area contributed by atoms with Crippen LogP contribution in [-0.2, 0) is 16.1 Å². The average Bonchev–Trinajstić information content (AvgIpc) is 3.43. The lowest BCUT2D eigenvalue weighted by atomic mass is 10.1. The third-order valence-corrected chi connectivity index (χ3v) is 5.55. The highest BCUT2D eigenvalue weighted by atomic mass is 16.5. The second-order valence-corrected chi connectivity index (χ2v) is 8.94. The molecule has 7 nitrogen and oxygen atoms in total. The first-order valence-electron chi connectivity index (χ1n) is 10.6. The fourth-order valence-corrected chi connectivity index (χ4v) is 3.62. The number of hydrogen-bond donors (Lipinski definition) is 1. The van der Waals surface area contributed by atoms with Crippen molar-refractivity contribution in [1.29, 1.82) is 0 Å². The monoisotopic (exact) mass is 400 g/mol. The van der Waals surface area contributed by atoms with Crippen LogP contribution in [0.3, 0.4) is 0 Å². The van der Waals surface area contributed by atoms with Crippen molar-refractivity contribution in [3.63, 3.8) is 0 Å². The molecule has 0 atom stereocenters. The van der Waals surface area contributed by atoms with Gasteiger partial charge < -0.3 is 14.8 Å². The molecular weight excluding hydrogens is 368 g/mol. The van der Waals surface area contributed by atoms with Crippen molar-refractivity contribution in [2.24, 2.45) is 0 Å². The molecule has 2 heterocycles. The fourth-order valence-electron chi connectivity index (χ4n) is 3.62. The van der Waals surface area contributed by atoms with Crippen LogP contribution in [0.2, 0.25) is 0 Å². The van der Waals surface area contributed by atoms with E-state index >= 15 is 0 Å². The van der Waals surface area contributed by atoms with Gasteiger partial charge in [-0.3, -0.25) is 14.4 Å². The zero-order chi connectivity index (χ0) is 20.6. The Kier molecular flexibility index (Phi) is 5.53. The van der Waals surface area contributed by atoms with E-state index in [1.165, 1.54) is 5.56 Å². The molecule has 4 rings (SSSR count). The van der Waals surface area contributed by atoms with Gasteiger partial charge in [0, 0.05) is 31.7 Å². The molecule has 29 heavy (non-hydrogen) atoms. The summed E-state index contributed by atoms with van der Waals surface area (Å²) in [4.78, 5) is 15.0. The molecule has 2 aliphatic rings. The summed E-state index contributed by atoms with van der Waals surface area (Å²) in [5, 5.41) is 8.72. The van der Waals surface area contributed by atoms with Crippen LogP contribution in [0.1, 0.15) is 52.1 Å². The summed E-state index contributed by atoms with van der Waals surface area (Å²) in [7, 11) is 0. The van der Waals surface area contributed by atoms with Crippen LogP contribution in [0.4, 0.5) is 0 Å². The van der Waals surface area contributed by atoms with Crippen LogP contribution < -0.4 is 10.1 Å². The Labute approximate surface area is 172 Å². The lowest BCUT2D eigenvalue weighted by Crippen LogP contribution is -2.47. The zero-order valence-electron chi connectivity index (χ0n) is 17.9. The van der Waals surface area contributed by atoms with Gasteiger partial charge in [0.2, 0.25) is 5.88 Å². The van der Waals surface area contributed by atoms with Crippen LogP contribution >= 0.6 is 0 Å². The Hall–Kier alpha value is -2.12. The van der Waals surface area contributed by atoms with E-state index in [2.05, 4.69) is 42.3 Å². The number of ether oxygens (including phenoxy) is 2. The van der Waals surface area contributed by atoms with Crippen LogP contribution in [0.15, 0.2) is 18.2 Å². The first-order chi connectivity index (χ1) is 13.8. The van der Waals surface area contributed by atoms with Gasteiger partial charge in [0.15, 0.2) is 5.60 Å². The molecule has 0 unspecified atom stereocenters. The van der Waals surface area contributed by atoms with Crippen molar-refractivity contribution in [3.05, 3.63) is 23.8 Å². The molecule has 158 valence electrons. The standard InChI is InChI=1S/C22H32N4O3/c1-15(2)26-19-8-5-16(14-25-9-11-28-12-10-25)13-18(19)20(24-26)29-22(3,4)21(27)23-17-6-7-17/h5,8,13,15,17H,6-7,9-12,14H2,1-4H3,(H,23,27). The zero-order valence-corrected chi connectivity index (χ0v) is 17.9. The summed E-state index contributed by atoms with van der Waals surface area (Å²) < 4.78 is 13.6. The predicted octanol–water partition coefficient (Wildman–Crippen LogP) is 2.89. The minimum Gasteiger partial charge on any atom is -0.460 e. The second-order valence-electron chi connectivity index (χ2n) is 8.94. The smallest absolute Gasteiger partial charge is 0.263 e. The quantitative estimate of drug-likeness (QED) is 0.774. The van der Waals surface area contributed by atoms with Crippen molar-refractivity contribution in [1.82, 2.24) is 20.0 Å². The summed E-state index contributed by atoms with van der Waals surface area (Å²) >= 11 is 0. The molecule has 1 aliphatic carbocycles. The molecule has 1 aromatic heterocycles. The number of nitrogens with one attached hydrogen (secondary N) is 1. The maximum Gasteiger partial charge on any atom is 0.263 e. The molecule has 0 radical (unpaired) electrons. The van der Waals surface area contributed by atoms with E-state index in [9.17, 15) is 4.79 Å². The highest BCUT2D eigenvalue weighted by molar-refractivity contribution is 5.88. The molecule has 1 saturated heterocycles.